The minimum absolute atomic E-state index is 0.843. The zero-order chi connectivity index (χ0) is 13.8. The van der Waals surface area contributed by atoms with E-state index in [1.54, 1.807) is 23.1 Å². The fourth-order valence-corrected chi connectivity index (χ4v) is 3.57. The number of ether oxygens (including phenoxy) is 1. The summed E-state index contributed by atoms with van der Waals surface area (Å²) in [4.78, 5) is 5.55. The van der Waals surface area contributed by atoms with E-state index in [0.717, 1.165) is 26.4 Å². The van der Waals surface area contributed by atoms with Gasteiger partial charge in [-0.1, -0.05) is 42.1 Å². The molecule has 0 fully saturated rings. The fourth-order valence-electron chi connectivity index (χ4n) is 1.71. The molecule has 0 radical (unpaired) electrons. The van der Waals surface area contributed by atoms with Crippen LogP contribution in [0.5, 0.6) is 11.5 Å². The molecule has 1 aromatic heterocycles. The molecule has 3 aromatic rings. The molecule has 2 nitrogen and oxygen atoms in total. The van der Waals surface area contributed by atoms with Gasteiger partial charge in [0, 0.05) is 11.1 Å². The largest absolute Gasteiger partial charge is 0.456 e. The van der Waals surface area contributed by atoms with Crippen LogP contribution in [0.3, 0.4) is 0 Å². The summed E-state index contributed by atoms with van der Waals surface area (Å²) in [7, 11) is 0. The summed E-state index contributed by atoms with van der Waals surface area (Å²) in [5.74, 6) is 1.70. The molecule has 0 aliphatic rings. The highest BCUT2D eigenvalue weighted by Gasteiger charge is 2.08. The normalized spacial score (nSPS) is 10.4. The summed E-state index contributed by atoms with van der Waals surface area (Å²) in [6.45, 7) is 2.01. The van der Waals surface area contributed by atoms with E-state index in [0.29, 0.717) is 0 Å². The van der Waals surface area contributed by atoms with Gasteiger partial charge < -0.3 is 4.74 Å². The number of thiazole rings is 1. The lowest BCUT2D eigenvalue weighted by atomic mass is 10.3. The van der Waals surface area contributed by atoms with Crippen molar-refractivity contribution in [3.63, 3.8) is 0 Å². The smallest absolute Gasteiger partial charge is 0.155 e. The van der Waals surface area contributed by atoms with Crippen LogP contribution < -0.4 is 4.74 Å². The van der Waals surface area contributed by atoms with E-state index < -0.39 is 0 Å². The summed E-state index contributed by atoms with van der Waals surface area (Å²) in [5.41, 5.74) is 1.05. The Bertz CT molecular complexity index is 694. The monoisotopic (exact) mass is 299 g/mol. The minimum atomic E-state index is 0.843. The van der Waals surface area contributed by atoms with Gasteiger partial charge in [0.15, 0.2) is 4.34 Å². The molecule has 0 aliphatic heterocycles. The van der Waals surface area contributed by atoms with Crippen LogP contribution >= 0.6 is 23.1 Å². The average molecular weight is 299 g/mol. The third-order valence-electron chi connectivity index (χ3n) is 2.62. The second-order valence-corrected chi connectivity index (χ2v) is 6.37. The number of hydrogen-bond donors (Lipinski definition) is 0. The maximum Gasteiger partial charge on any atom is 0.155 e. The minimum Gasteiger partial charge on any atom is -0.456 e. The molecule has 0 saturated carbocycles. The molecule has 2 aromatic carbocycles. The van der Waals surface area contributed by atoms with Gasteiger partial charge in [0.25, 0.3) is 0 Å². The Morgan fingerprint density at radius 2 is 1.75 bits per heavy atom. The van der Waals surface area contributed by atoms with E-state index in [2.05, 4.69) is 16.4 Å². The molecule has 0 amide bonds. The highest BCUT2D eigenvalue weighted by Crippen LogP contribution is 2.38. The summed E-state index contributed by atoms with van der Waals surface area (Å²) < 4.78 is 6.98. The van der Waals surface area contributed by atoms with Crippen LogP contribution in [0.4, 0.5) is 0 Å². The number of rotatable bonds is 4. The van der Waals surface area contributed by atoms with Crippen molar-refractivity contribution in [2.24, 2.45) is 0 Å². The van der Waals surface area contributed by atoms with E-state index >= 15 is 0 Å². The Balaban J connectivity index is 1.84. The standard InChI is InChI=1S/C16H13NOS2/c1-12-11-19-16(17-12)20-15-10-6-5-9-14(15)18-13-7-3-2-4-8-13/h2-11H,1H3. The number of aromatic nitrogens is 1. The first kappa shape index (κ1) is 13.2. The number of hydrogen-bond acceptors (Lipinski definition) is 4. The number of nitrogens with zero attached hydrogens (tertiary/aromatic N) is 1. The molecule has 0 bridgehead atoms. The van der Waals surface area contributed by atoms with Crippen molar-refractivity contribution in [3.8, 4) is 11.5 Å². The van der Waals surface area contributed by atoms with Crippen molar-refractivity contribution >= 4 is 23.1 Å². The van der Waals surface area contributed by atoms with E-state index in [1.807, 2.05) is 55.5 Å². The van der Waals surface area contributed by atoms with Crippen LogP contribution in [0.25, 0.3) is 0 Å². The van der Waals surface area contributed by atoms with Crippen molar-refractivity contribution in [2.45, 2.75) is 16.2 Å². The maximum atomic E-state index is 5.94. The van der Waals surface area contributed by atoms with Gasteiger partial charge in [-0.3, -0.25) is 0 Å². The highest BCUT2D eigenvalue weighted by molar-refractivity contribution is 8.01. The van der Waals surface area contributed by atoms with Gasteiger partial charge in [-0.2, -0.15) is 0 Å². The van der Waals surface area contributed by atoms with Crippen molar-refractivity contribution in [1.29, 1.82) is 0 Å². The Morgan fingerprint density at radius 1 is 1.00 bits per heavy atom. The summed E-state index contributed by atoms with van der Waals surface area (Å²) in [6.07, 6.45) is 0. The van der Waals surface area contributed by atoms with Crippen LogP contribution in [-0.4, -0.2) is 4.98 Å². The molecule has 3 rings (SSSR count). The Kier molecular flexibility index (Phi) is 4.04. The van der Waals surface area contributed by atoms with Crippen molar-refractivity contribution in [2.75, 3.05) is 0 Å². The van der Waals surface area contributed by atoms with Crippen LogP contribution in [0.15, 0.2) is 69.2 Å². The number of aryl methyl sites for hydroxylation is 1. The van der Waals surface area contributed by atoms with E-state index in [4.69, 9.17) is 4.74 Å². The fraction of sp³-hybridized carbons (Fsp3) is 0.0625. The van der Waals surface area contributed by atoms with Crippen LogP contribution in [0.2, 0.25) is 0 Å². The summed E-state index contributed by atoms with van der Waals surface area (Å²) >= 11 is 3.29. The average Bonchev–Trinajstić information content (AvgIpc) is 2.88. The lowest BCUT2D eigenvalue weighted by Gasteiger charge is -2.09. The maximum absolute atomic E-state index is 5.94. The van der Waals surface area contributed by atoms with Gasteiger partial charge >= 0.3 is 0 Å². The van der Waals surface area contributed by atoms with Crippen LogP contribution in [0.1, 0.15) is 5.69 Å². The second-order valence-electron chi connectivity index (χ2n) is 4.22. The van der Waals surface area contributed by atoms with Gasteiger partial charge in [-0.25, -0.2) is 4.98 Å². The van der Waals surface area contributed by atoms with E-state index in [-0.39, 0.29) is 0 Å². The Morgan fingerprint density at radius 3 is 2.50 bits per heavy atom. The molecule has 0 N–H and O–H groups in total. The van der Waals surface area contributed by atoms with E-state index in [1.165, 1.54) is 0 Å². The molecule has 0 spiro atoms. The van der Waals surface area contributed by atoms with Crippen LogP contribution in [0, 0.1) is 6.92 Å². The lowest BCUT2D eigenvalue weighted by Crippen LogP contribution is -1.86. The molecule has 20 heavy (non-hydrogen) atoms. The first-order valence-corrected chi connectivity index (χ1v) is 7.93. The third-order valence-corrected chi connectivity index (χ3v) is 4.73. The van der Waals surface area contributed by atoms with Crippen LogP contribution in [-0.2, 0) is 0 Å². The van der Waals surface area contributed by atoms with Gasteiger partial charge in [-0.15, -0.1) is 11.3 Å². The number of benzene rings is 2. The SMILES string of the molecule is Cc1csc(Sc2ccccc2Oc2ccccc2)n1. The van der Waals surface area contributed by atoms with Gasteiger partial charge in [-0.05, 0) is 31.2 Å². The lowest BCUT2D eigenvalue weighted by molar-refractivity contribution is 0.471. The molecule has 0 saturated heterocycles. The predicted molar refractivity (Wildman–Crippen MR) is 83.9 cm³/mol. The zero-order valence-corrected chi connectivity index (χ0v) is 12.6. The molecule has 0 atom stereocenters. The molecule has 0 unspecified atom stereocenters. The molecular formula is C16H13NOS2. The summed E-state index contributed by atoms with van der Waals surface area (Å²) in [5, 5.41) is 2.06. The quantitative estimate of drug-likeness (QED) is 0.644. The predicted octanol–water partition coefficient (Wildman–Crippen LogP) is 5.40. The molecule has 4 heteroatoms. The molecular weight excluding hydrogens is 286 g/mol. The van der Waals surface area contributed by atoms with Gasteiger partial charge in [0.2, 0.25) is 0 Å². The van der Waals surface area contributed by atoms with Gasteiger partial charge in [0.05, 0.1) is 4.90 Å². The first-order chi connectivity index (χ1) is 9.81. The van der Waals surface area contributed by atoms with E-state index in [9.17, 15) is 0 Å². The Labute approximate surface area is 126 Å². The molecule has 0 aliphatic carbocycles. The molecule has 100 valence electrons. The topological polar surface area (TPSA) is 22.1 Å². The van der Waals surface area contributed by atoms with Gasteiger partial charge in [0.1, 0.15) is 11.5 Å². The number of para-hydroxylation sites is 2. The van der Waals surface area contributed by atoms with Crippen molar-refractivity contribution < 1.29 is 4.74 Å². The Hall–Kier alpha value is -1.78. The molecule has 1 heterocycles. The van der Waals surface area contributed by atoms with Crippen molar-refractivity contribution in [3.05, 3.63) is 65.7 Å². The van der Waals surface area contributed by atoms with Crippen molar-refractivity contribution in [1.82, 2.24) is 4.98 Å². The second kappa shape index (κ2) is 6.11. The summed E-state index contributed by atoms with van der Waals surface area (Å²) in [6, 6.07) is 17.9. The highest BCUT2D eigenvalue weighted by atomic mass is 32.2. The zero-order valence-electron chi connectivity index (χ0n) is 10.9. The third kappa shape index (κ3) is 3.21. The first-order valence-electron chi connectivity index (χ1n) is 6.23.